The van der Waals surface area contributed by atoms with Gasteiger partial charge >= 0.3 is 12.2 Å². The molecule has 2 aliphatic rings. The van der Waals surface area contributed by atoms with Crippen LogP contribution >= 0.6 is 0 Å². The van der Waals surface area contributed by atoms with Crippen molar-refractivity contribution >= 4 is 17.8 Å². The molecular weight excluding hydrogens is 351 g/mol. The Morgan fingerprint density at radius 1 is 1.27 bits per heavy atom. The van der Waals surface area contributed by atoms with Crippen LogP contribution in [0, 0.1) is 0 Å². The van der Waals surface area contributed by atoms with Crippen LogP contribution in [0.4, 0.5) is 18.0 Å². The highest BCUT2D eigenvalue weighted by Crippen LogP contribution is 2.39. The standard InChI is InChI=1S/C17H18F3N3O3/c1-22-9-15(25)23(16(22)26)8-14(24)21-13-6-11(7-13)10-3-2-4-12(5-10)17(18,19)20/h2-5,11,13H,6-9H2,1H3,(H,21,24). The monoisotopic (exact) mass is 369 g/mol. The number of nitrogens with zero attached hydrogens (tertiary/aromatic N) is 2. The summed E-state index contributed by atoms with van der Waals surface area (Å²) in [6, 6.07) is 4.51. The van der Waals surface area contributed by atoms with Crippen molar-refractivity contribution in [1.29, 1.82) is 0 Å². The highest BCUT2D eigenvalue weighted by molar-refractivity contribution is 6.04. The minimum atomic E-state index is -4.38. The molecule has 1 aromatic carbocycles. The van der Waals surface area contributed by atoms with E-state index in [0.717, 1.165) is 17.0 Å². The van der Waals surface area contributed by atoms with E-state index in [4.69, 9.17) is 0 Å². The first-order valence-corrected chi connectivity index (χ1v) is 8.17. The van der Waals surface area contributed by atoms with E-state index in [2.05, 4.69) is 5.32 Å². The van der Waals surface area contributed by atoms with Crippen LogP contribution in [0.5, 0.6) is 0 Å². The zero-order chi connectivity index (χ0) is 19.1. The van der Waals surface area contributed by atoms with E-state index in [0.29, 0.717) is 18.4 Å². The maximum atomic E-state index is 12.8. The van der Waals surface area contributed by atoms with Gasteiger partial charge in [0.2, 0.25) is 5.91 Å². The summed E-state index contributed by atoms with van der Waals surface area (Å²) in [6.07, 6.45) is -3.33. The average molecular weight is 369 g/mol. The fraction of sp³-hybridized carbons (Fsp3) is 0.471. The molecule has 26 heavy (non-hydrogen) atoms. The molecule has 1 N–H and O–H groups in total. The van der Waals surface area contributed by atoms with Crippen molar-refractivity contribution in [2.75, 3.05) is 20.1 Å². The van der Waals surface area contributed by atoms with Crippen molar-refractivity contribution in [3.63, 3.8) is 0 Å². The van der Waals surface area contributed by atoms with Gasteiger partial charge in [-0.2, -0.15) is 13.2 Å². The number of benzene rings is 1. The summed E-state index contributed by atoms with van der Waals surface area (Å²) in [5.41, 5.74) is -0.0884. The first-order valence-electron chi connectivity index (χ1n) is 8.17. The number of amides is 4. The number of hydrogen-bond acceptors (Lipinski definition) is 3. The topological polar surface area (TPSA) is 69.7 Å². The highest BCUT2D eigenvalue weighted by Gasteiger charge is 2.37. The molecule has 3 rings (SSSR count). The Balaban J connectivity index is 1.51. The lowest BCUT2D eigenvalue weighted by Gasteiger charge is -2.36. The quantitative estimate of drug-likeness (QED) is 0.825. The zero-order valence-corrected chi connectivity index (χ0v) is 14.0. The molecule has 9 heteroatoms. The van der Waals surface area contributed by atoms with Crippen LogP contribution < -0.4 is 5.32 Å². The molecule has 0 aromatic heterocycles. The maximum absolute atomic E-state index is 12.8. The minimum Gasteiger partial charge on any atom is -0.352 e. The number of carbonyl (C=O) groups is 3. The van der Waals surface area contributed by atoms with E-state index in [-0.39, 0.29) is 25.0 Å². The number of urea groups is 1. The third-order valence-corrected chi connectivity index (χ3v) is 4.72. The van der Waals surface area contributed by atoms with Gasteiger partial charge in [0.15, 0.2) is 0 Å². The summed E-state index contributed by atoms with van der Waals surface area (Å²) < 4.78 is 38.3. The molecule has 0 unspecified atom stereocenters. The van der Waals surface area contributed by atoms with Crippen molar-refractivity contribution in [2.24, 2.45) is 0 Å². The summed E-state index contributed by atoms with van der Waals surface area (Å²) in [5.74, 6) is -0.929. The molecule has 1 aromatic rings. The lowest BCUT2D eigenvalue weighted by molar-refractivity contribution is -0.137. The molecule has 1 saturated heterocycles. The molecule has 6 nitrogen and oxygen atoms in total. The Morgan fingerprint density at radius 3 is 2.54 bits per heavy atom. The number of nitrogens with one attached hydrogen (secondary N) is 1. The second kappa shape index (κ2) is 6.62. The van der Waals surface area contributed by atoms with E-state index in [1.807, 2.05) is 0 Å². The summed E-state index contributed by atoms with van der Waals surface area (Å²) in [5, 5.41) is 2.72. The third kappa shape index (κ3) is 3.66. The molecule has 0 spiro atoms. The van der Waals surface area contributed by atoms with Crippen LogP contribution in [0.1, 0.15) is 29.9 Å². The number of halogens is 3. The molecule has 1 aliphatic heterocycles. The summed E-state index contributed by atoms with van der Waals surface area (Å²) in [4.78, 5) is 37.5. The third-order valence-electron chi connectivity index (χ3n) is 4.72. The number of imide groups is 1. The molecule has 2 fully saturated rings. The van der Waals surface area contributed by atoms with Gasteiger partial charge in [-0.1, -0.05) is 18.2 Å². The first kappa shape index (κ1) is 18.2. The lowest BCUT2D eigenvalue weighted by Crippen LogP contribution is -2.48. The van der Waals surface area contributed by atoms with E-state index in [1.165, 1.54) is 18.0 Å². The molecule has 1 saturated carbocycles. The van der Waals surface area contributed by atoms with E-state index >= 15 is 0 Å². The molecule has 0 atom stereocenters. The normalized spacial score (nSPS) is 23.2. The average Bonchev–Trinajstić information content (AvgIpc) is 2.76. The Kier molecular flexibility index (Phi) is 4.64. The summed E-state index contributed by atoms with van der Waals surface area (Å²) in [7, 11) is 1.48. The largest absolute Gasteiger partial charge is 0.416 e. The molecule has 140 valence electrons. The van der Waals surface area contributed by atoms with Gasteiger partial charge in [0.05, 0.1) is 5.56 Å². The van der Waals surface area contributed by atoms with Crippen LogP contribution in [0.25, 0.3) is 0 Å². The SMILES string of the molecule is CN1CC(=O)N(CC(=O)NC2CC(c3cccc(C(F)(F)F)c3)C2)C1=O. The molecular formula is C17H18F3N3O3. The first-order chi connectivity index (χ1) is 12.1. The van der Waals surface area contributed by atoms with Crippen molar-refractivity contribution in [3.05, 3.63) is 35.4 Å². The Morgan fingerprint density at radius 2 is 1.96 bits per heavy atom. The van der Waals surface area contributed by atoms with Crippen molar-refractivity contribution < 1.29 is 27.6 Å². The van der Waals surface area contributed by atoms with Crippen molar-refractivity contribution in [2.45, 2.75) is 31.0 Å². The number of rotatable bonds is 4. The van der Waals surface area contributed by atoms with Crippen LogP contribution in [0.3, 0.4) is 0 Å². The minimum absolute atomic E-state index is 0.0485. The molecule has 0 radical (unpaired) electrons. The molecule has 4 amide bonds. The molecule has 1 aliphatic carbocycles. The zero-order valence-electron chi connectivity index (χ0n) is 14.0. The molecule has 0 bridgehead atoms. The Hall–Kier alpha value is -2.58. The van der Waals surface area contributed by atoms with E-state index < -0.39 is 29.6 Å². The number of carbonyl (C=O) groups excluding carboxylic acids is 3. The van der Waals surface area contributed by atoms with Gasteiger partial charge in [0.25, 0.3) is 5.91 Å². The molecule has 1 heterocycles. The van der Waals surface area contributed by atoms with Crippen LogP contribution in [-0.2, 0) is 15.8 Å². The predicted octanol–water partition coefficient (Wildman–Crippen LogP) is 1.96. The number of likely N-dealkylation sites (N-methyl/N-ethyl adjacent to an activating group) is 1. The van der Waals surface area contributed by atoms with Gasteiger partial charge in [-0.3, -0.25) is 14.5 Å². The van der Waals surface area contributed by atoms with E-state index in [1.54, 1.807) is 6.07 Å². The lowest BCUT2D eigenvalue weighted by atomic mass is 9.75. The summed E-state index contributed by atoms with van der Waals surface area (Å²) >= 11 is 0. The van der Waals surface area contributed by atoms with Gasteiger partial charge in [0, 0.05) is 13.1 Å². The summed E-state index contributed by atoms with van der Waals surface area (Å²) in [6.45, 7) is -0.389. The van der Waals surface area contributed by atoms with Gasteiger partial charge in [-0.15, -0.1) is 0 Å². The maximum Gasteiger partial charge on any atom is 0.416 e. The fourth-order valence-electron chi connectivity index (χ4n) is 3.22. The second-order valence-electron chi connectivity index (χ2n) is 6.67. The van der Waals surface area contributed by atoms with Gasteiger partial charge in [-0.25, -0.2) is 4.79 Å². The van der Waals surface area contributed by atoms with Crippen LogP contribution in [0.2, 0.25) is 0 Å². The van der Waals surface area contributed by atoms with Crippen molar-refractivity contribution in [3.8, 4) is 0 Å². The van der Waals surface area contributed by atoms with Crippen molar-refractivity contribution in [1.82, 2.24) is 15.1 Å². The van der Waals surface area contributed by atoms with Crippen LogP contribution in [0.15, 0.2) is 24.3 Å². The predicted molar refractivity (Wildman–Crippen MR) is 85.1 cm³/mol. The van der Waals surface area contributed by atoms with Gasteiger partial charge in [0.1, 0.15) is 13.1 Å². The van der Waals surface area contributed by atoms with Gasteiger partial charge < -0.3 is 10.2 Å². The highest BCUT2D eigenvalue weighted by atomic mass is 19.4. The van der Waals surface area contributed by atoms with Crippen LogP contribution in [-0.4, -0.2) is 53.8 Å². The Bertz CT molecular complexity index is 744. The second-order valence-corrected chi connectivity index (χ2v) is 6.67. The number of alkyl halides is 3. The smallest absolute Gasteiger partial charge is 0.352 e. The number of hydrogen-bond donors (Lipinski definition) is 1. The van der Waals surface area contributed by atoms with Gasteiger partial charge in [-0.05, 0) is 30.4 Å². The fourth-order valence-corrected chi connectivity index (χ4v) is 3.22. The van der Waals surface area contributed by atoms with E-state index in [9.17, 15) is 27.6 Å². The Labute approximate surface area is 147 Å².